The molecule has 6 heteroatoms. The van der Waals surface area contributed by atoms with Crippen LogP contribution in [-0.2, 0) is 6.54 Å². The highest BCUT2D eigenvalue weighted by atomic mass is 32.1. The fourth-order valence-corrected chi connectivity index (χ4v) is 3.55. The van der Waals surface area contributed by atoms with E-state index in [1.807, 2.05) is 18.2 Å². The number of nitrogens with zero attached hydrogens (tertiary/aromatic N) is 2. The van der Waals surface area contributed by atoms with Crippen molar-refractivity contribution < 1.29 is 9.47 Å². The second kappa shape index (κ2) is 5.14. The van der Waals surface area contributed by atoms with Gasteiger partial charge < -0.3 is 14.8 Å². The second-order valence-corrected chi connectivity index (χ2v) is 6.43. The van der Waals surface area contributed by atoms with Crippen LogP contribution in [-0.4, -0.2) is 16.8 Å². The molecule has 0 bridgehead atoms. The van der Waals surface area contributed by atoms with Crippen LogP contribution in [0.1, 0.15) is 16.0 Å². The molecular weight excluding hydrogens is 298 g/mol. The summed E-state index contributed by atoms with van der Waals surface area (Å²) in [5, 5.41) is 4.52. The maximum absolute atomic E-state index is 5.41. The molecule has 0 fully saturated rings. The van der Waals surface area contributed by atoms with Crippen molar-refractivity contribution in [1.29, 1.82) is 0 Å². The fourth-order valence-electron chi connectivity index (χ4n) is 2.55. The molecule has 5 nitrogen and oxygen atoms in total. The van der Waals surface area contributed by atoms with Crippen molar-refractivity contribution in [2.24, 2.45) is 0 Å². The lowest BCUT2D eigenvalue weighted by atomic mass is 10.2. The van der Waals surface area contributed by atoms with E-state index in [9.17, 15) is 0 Å². The number of aryl methyl sites for hydroxylation is 2. The Balaban J connectivity index is 1.62. The quantitative estimate of drug-likeness (QED) is 0.800. The summed E-state index contributed by atoms with van der Waals surface area (Å²) in [6.45, 7) is 5.20. The predicted molar refractivity (Wildman–Crippen MR) is 86.8 cm³/mol. The van der Waals surface area contributed by atoms with Crippen LogP contribution in [0.2, 0.25) is 0 Å². The van der Waals surface area contributed by atoms with Crippen molar-refractivity contribution in [3.05, 3.63) is 40.5 Å². The predicted octanol–water partition coefficient (Wildman–Crippen LogP) is 3.65. The van der Waals surface area contributed by atoms with Gasteiger partial charge in [0, 0.05) is 11.4 Å². The highest BCUT2D eigenvalue weighted by molar-refractivity contribution is 7.18. The smallest absolute Gasteiger partial charge is 0.231 e. The minimum atomic E-state index is 0.298. The summed E-state index contributed by atoms with van der Waals surface area (Å²) in [6.07, 6.45) is 1.61. The summed E-state index contributed by atoms with van der Waals surface area (Å²) in [7, 11) is 0. The summed E-state index contributed by atoms with van der Waals surface area (Å²) in [4.78, 5) is 11.1. The van der Waals surface area contributed by atoms with Gasteiger partial charge in [-0.2, -0.15) is 0 Å². The first kappa shape index (κ1) is 13.3. The van der Waals surface area contributed by atoms with E-state index < -0.39 is 0 Å². The first-order chi connectivity index (χ1) is 10.7. The third-order valence-electron chi connectivity index (χ3n) is 3.86. The highest BCUT2D eigenvalue weighted by Gasteiger charge is 2.14. The number of aromatic nitrogens is 2. The van der Waals surface area contributed by atoms with E-state index in [4.69, 9.17) is 9.47 Å². The Hall–Kier alpha value is -2.34. The van der Waals surface area contributed by atoms with Crippen LogP contribution in [0.15, 0.2) is 24.5 Å². The van der Waals surface area contributed by atoms with Crippen LogP contribution in [0.4, 0.5) is 5.82 Å². The second-order valence-electron chi connectivity index (χ2n) is 5.23. The van der Waals surface area contributed by atoms with Gasteiger partial charge in [0.15, 0.2) is 11.5 Å². The number of benzene rings is 1. The van der Waals surface area contributed by atoms with Gasteiger partial charge in [-0.25, -0.2) is 9.97 Å². The van der Waals surface area contributed by atoms with Crippen LogP contribution in [0, 0.1) is 13.8 Å². The first-order valence-electron chi connectivity index (χ1n) is 7.05. The Kier molecular flexibility index (Phi) is 3.11. The zero-order valence-electron chi connectivity index (χ0n) is 12.3. The van der Waals surface area contributed by atoms with Gasteiger partial charge >= 0.3 is 0 Å². The van der Waals surface area contributed by atoms with E-state index in [2.05, 4.69) is 29.1 Å². The highest BCUT2D eigenvalue weighted by Crippen LogP contribution is 2.34. The largest absolute Gasteiger partial charge is 0.454 e. The average molecular weight is 313 g/mol. The van der Waals surface area contributed by atoms with Gasteiger partial charge in [0.05, 0.1) is 5.39 Å². The van der Waals surface area contributed by atoms with Gasteiger partial charge in [-0.3, -0.25) is 0 Å². The molecule has 0 amide bonds. The lowest BCUT2D eigenvalue weighted by molar-refractivity contribution is 0.174. The number of hydrogen-bond acceptors (Lipinski definition) is 6. The van der Waals surface area contributed by atoms with Gasteiger partial charge in [0.2, 0.25) is 6.79 Å². The third-order valence-corrected chi connectivity index (χ3v) is 4.98. The summed E-state index contributed by atoms with van der Waals surface area (Å²) in [5.74, 6) is 2.48. The van der Waals surface area contributed by atoms with Crippen molar-refractivity contribution in [3.63, 3.8) is 0 Å². The van der Waals surface area contributed by atoms with Crippen molar-refractivity contribution >= 4 is 27.4 Å². The minimum absolute atomic E-state index is 0.298. The minimum Gasteiger partial charge on any atom is -0.454 e. The summed E-state index contributed by atoms with van der Waals surface area (Å²) >= 11 is 1.70. The van der Waals surface area contributed by atoms with Crippen LogP contribution < -0.4 is 14.8 Å². The maximum Gasteiger partial charge on any atom is 0.231 e. The zero-order valence-corrected chi connectivity index (χ0v) is 13.2. The molecule has 3 aromatic rings. The fraction of sp³-hybridized carbons (Fsp3) is 0.250. The van der Waals surface area contributed by atoms with Crippen molar-refractivity contribution in [2.75, 3.05) is 12.1 Å². The zero-order chi connectivity index (χ0) is 15.1. The van der Waals surface area contributed by atoms with Crippen LogP contribution in [0.5, 0.6) is 11.5 Å². The van der Waals surface area contributed by atoms with Gasteiger partial charge in [-0.1, -0.05) is 6.07 Å². The van der Waals surface area contributed by atoms with Gasteiger partial charge in [0.25, 0.3) is 0 Å². The Morgan fingerprint density at radius 2 is 2.05 bits per heavy atom. The monoisotopic (exact) mass is 313 g/mol. The molecule has 1 aliphatic rings. The lowest BCUT2D eigenvalue weighted by Crippen LogP contribution is -2.02. The molecule has 1 aliphatic heterocycles. The molecule has 0 radical (unpaired) electrons. The Bertz CT molecular complexity index is 860. The molecule has 0 saturated heterocycles. The summed E-state index contributed by atoms with van der Waals surface area (Å²) < 4.78 is 10.7. The molecule has 4 rings (SSSR count). The van der Waals surface area contributed by atoms with Crippen molar-refractivity contribution in [3.8, 4) is 11.5 Å². The van der Waals surface area contributed by atoms with Crippen LogP contribution in [0.25, 0.3) is 10.2 Å². The number of nitrogens with one attached hydrogen (secondary N) is 1. The van der Waals surface area contributed by atoms with Crippen LogP contribution >= 0.6 is 11.3 Å². The number of rotatable bonds is 3. The van der Waals surface area contributed by atoms with E-state index in [1.54, 1.807) is 17.7 Å². The number of ether oxygens (including phenoxy) is 2. The first-order valence-corrected chi connectivity index (χ1v) is 7.87. The lowest BCUT2D eigenvalue weighted by Gasteiger charge is -2.08. The van der Waals surface area contributed by atoms with E-state index in [-0.39, 0.29) is 0 Å². The van der Waals surface area contributed by atoms with E-state index in [1.165, 1.54) is 10.4 Å². The molecule has 0 saturated carbocycles. The van der Waals surface area contributed by atoms with Gasteiger partial charge in [-0.05, 0) is 37.1 Å². The third kappa shape index (κ3) is 2.16. The Morgan fingerprint density at radius 3 is 2.95 bits per heavy atom. The van der Waals surface area contributed by atoms with E-state index >= 15 is 0 Å². The standard InChI is InChI=1S/C16H15N3O2S/c1-9-10(2)22-16-14(9)15(18-7-19-16)17-6-11-3-4-12-13(5-11)21-8-20-12/h3-5,7H,6,8H2,1-2H3,(H,17,18,19). The molecule has 1 aromatic carbocycles. The molecule has 1 N–H and O–H groups in total. The molecule has 3 heterocycles. The summed E-state index contributed by atoms with van der Waals surface area (Å²) in [5.41, 5.74) is 2.37. The normalized spacial score (nSPS) is 12.8. The Morgan fingerprint density at radius 1 is 1.18 bits per heavy atom. The average Bonchev–Trinajstić information content (AvgIpc) is 3.10. The van der Waals surface area contributed by atoms with Crippen molar-refractivity contribution in [2.45, 2.75) is 20.4 Å². The molecule has 22 heavy (non-hydrogen) atoms. The molecular formula is C16H15N3O2S. The summed E-state index contributed by atoms with van der Waals surface area (Å²) in [6, 6.07) is 5.97. The number of thiophene rings is 1. The topological polar surface area (TPSA) is 56.3 Å². The number of hydrogen-bond donors (Lipinski definition) is 1. The Labute approximate surface area is 131 Å². The van der Waals surface area contributed by atoms with Gasteiger partial charge in [0.1, 0.15) is 17.0 Å². The molecule has 0 atom stereocenters. The van der Waals surface area contributed by atoms with Gasteiger partial charge in [-0.15, -0.1) is 11.3 Å². The van der Waals surface area contributed by atoms with E-state index in [0.717, 1.165) is 33.1 Å². The van der Waals surface area contributed by atoms with Crippen molar-refractivity contribution in [1.82, 2.24) is 9.97 Å². The molecule has 0 spiro atoms. The molecule has 2 aromatic heterocycles. The van der Waals surface area contributed by atoms with E-state index in [0.29, 0.717) is 13.3 Å². The maximum atomic E-state index is 5.41. The molecule has 112 valence electrons. The number of fused-ring (bicyclic) bond motifs is 2. The van der Waals surface area contributed by atoms with Crippen LogP contribution in [0.3, 0.4) is 0 Å². The molecule has 0 unspecified atom stereocenters. The molecule has 0 aliphatic carbocycles. The number of anilines is 1. The SMILES string of the molecule is Cc1sc2ncnc(NCc3ccc4c(c3)OCO4)c2c1C.